The van der Waals surface area contributed by atoms with Crippen molar-refractivity contribution in [1.82, 2.24) is 0 Å². The Hall–Kier alpha value is -2.27. The minimum atomic E-state index is 0.731. The molecule has 0 amide bonds. The van der Waals surface area contributed by atoms with Gasteiger partial charge in [-0.05, 0) is 18.2 Å². The molecule has 5 heteroatoms. The van der Waals surface area contributed by atoms with Crippen LogP contribution in [0, 0.1) is 0 Å². The summed E-state index contributed by atoms with van der Waals surface area (Å²) in [6, 6.07) is 13.7. The van der Waals surface area contributed by atoms with Crippen molar-refractivity contribution >= 4 is 17.8 Å². The van der Waals surface area contributed by atoms with Gasteiger partial charge in [-0.1, -0.05) is 18.2 Å². The van der Waals surface area contributed by atoms with Crippen molar-refractivity contribution in [3.8, 4) is 0 Å². The van der Waals surface area contributed by atoms with Gasteiger partial charge in [-0.2, -0.15) is 5.10 Å². The minimum absolute atomic E-state index is 0.731. The smallest absolute Gasteiger partial charge is 0.196 e. The lowest BCUT2D eigenvalue weighted by Gasteiger charge is -2.26. The van der Waals surface area contributed by atoms with Gasteiger partial charge in [0.05, 0.1) is 25.1 Å². The lowest BCUT2D eigenvalue weighted by molar-refractivity contribution is 0.120. The third-order valence-corrected chi connectivity index (χ3v) is 3.09. The highest BCUT2D eigenvalue weighted by molar-refractivity contribution is 5.77. The molecule has 2 heterocycles. The van der Waals surface area contributed by atoms with Crippen molar-refractivity contribution in [2.45, 2.75) is 0 Å². The van der Waals surface area contributed by atoms with E-state index in [1.54, 1.807) is 6.21 Å². The van der Waals surface area contributed by atoms with E-state index in [0.29, 0.717) is 0 Å². The summed E-state index contributed by atoms with van der Waals surface area (Å²) in [5.74, 6) is 1.60. The van der Waals surface area contributed by atoms with Crippen LogP contribution in [0.2, 0.25) is 0 Å². The summed E-state index contributed by atoms with van der Waals surface area (Å²) >= 11 is 0. The molecule has 0 spiro atoms. The monoisotopic (exact) mass is 271 g/mol. The lowest BCUT2D eigenvalue weighted by atomic mass is 10.3. The van der Waals surface area contributed by atoms with E-state index in [2.05, 4.69) is 15.4 Å². The average molecular weight is 271 g/mol. The molecule has 1 N–H and O–H groups in total. The lowest BCUT2D eigenvalue weighted by Crippen LogP contribution is -2.35. The molecule has 1 aliphatic rings. The first kappa shape index (κ1) is 12.7. The minimum Gasteiger partial charge on any atom is -0.440 e. The van der Waals surface area contributed by atoms with E-state index >= 15 is 0 Å². The molecule has 3 rings (SSSR count). The Morgan fingerprint density at radius 2 is 1.85 bits per heavy atom. The molecule has 20 heavy (non-hydrogen) atoms. The standard InChI is InChI=1S/C15H17N3O2/c1-2-4-13(5-3-1)17-16-12-14-6-7-15(20-14)18-8-10-19-11-9-18/h1-7,12,17H,8-11H2/b16-12-. The number of nitrogens with zero attached hydrogens (tertiary/aromatic N) is 2. The van der Waals surface area contributed by atoms with Crippen molar-refractivity contribution < 1.29 is 9.15 Å². The van der Waals surface area contributed by atoms with Gasteiger partial charge in [0.15, 0.2) is 5.88 Å². The van der Waals surface area contributed by atoms with Gasteiger partial charge in [0.2, 0.25) is 0 Å². The predicted molar refractivity (Wildman–Crippen MR) is 79.4 cm³/mol. The SMILES string of the molecule is C(=N/Nc1ccccc1)/c1ccc(N2CCOCC2)o1. The van der Waals surface area contributed by atoms with Crippen LogP contribution in [0.15, 0.2) is 52.0 Å². The number of ether oxygens (including phenoxy) is 1. The fourth-order valence-electron chi connectivity index (χ4n) is 2.05. The number of hydrogen-bond acceptors (Lipinski definition) is 5. The molecule has 2 aromatic rings. The second kappa shape index (κ2) is 6.25. The molecule has 1 saturated heterocycles. The number of nitrogens with one attached hydrogen (secondary N) is 1. The number of furan rings is 1. The van der Waals surface area contributed by atoms with Gasteiger partial charge in [-0.15, -0.1) is 0 Å². The van der Waals surface area contributed by atoms with Gasteiger partial charge < -0.3 is 14.1 Å². The fraction of sp³-hybridized carbons (Fsp3) is 0.267. The molecule has 0 bridgehead atoms. The highest BCUT2D eigenvalue weighted by Crippen LogP contribution is 2.18. The summed E-state index contributed by atoms with van der Waals surface area (Å²) in [5.41, 5.74) is 3.91. The van der Waals surface area contributed by atoms with Crippen LogP contribution < -0.4 is 10.3 Å². The Bertz CT molecular complexity index is 560. The van der Waals surface area contributed by atoms with Crippen molar-refractivity contribution in [2.75, 3.05) is 36.6 Å². The highest BCUT2D eigenvalue weighted by Gasteiger charge is 2.13. The molecule has 1 aromatic carbocycles. The van der Waals surface area contributed by atoms with Crippen LogP contribution >= 0.6 is 0 Å². The third-order valence-electron chi connectivity index (χ3n) is 3.09. The molecule has 1 aromatic heterocycles. The first-order chi connectivity index (χ1) is 9.92. The summed E-state index contributed by atoms with van der Waals surface area (Å²) in [7, 11) is 0. The number of benzene rings is 1. The van der Waals surface area contributed by atoms with E-state index in [-0.39, 0.29) is 0 Å². The Balaban J connectivity index is 1.59. The number of anilines is 2. The molecule has 0 unspecified atom stereocenters. The highest BCUT2D eigenvalue weighted by atomic mass is 16.5. The summed E-state index contributed by atoms with van der Waals surface area (Å²) in [5, 5.41) is 4.16. The van der Waals surface area contributed by atoms with E-state index in [1.165, 1.54) is 0 Å². The van der Waals surface area contributed by atoms with E-state index in [0.717, 1.165) is 43.6 Å². The number of rotatable bonds is 4. The maximum absolute atomic E-state index is 5.74. The fourth-order valence-corrected chi connectivity index (χ4v) is 2.05. The Morgan fingerprint density at radius 1 is 1.05 bits per heavy atom. The molecule has 5 nitrogen and oxygen atoms in total. The predicted octanol–water partition coefficient (Wildman–Crippen LogP) is 2.56. The molecule has 0 saturated carbocycles. The number of morpholine rings is 1. The molecule has 0 radical (unpaired) electrons. The molecule has 1 fully saturated rings. The maximum atomic E-state index is 5.74. The van der Waals surface area contributed by atoms with Crippen LogP contribution in [-0.2, 0) is 4.74 Å². The zero-order chi connectivity index (χ0) is 13.6. The van der Waals surface area contributed by atoms with Crippen LogP contribution in [0.3, 0.4) is 0 Å². The molecular weight excluding hydrogens is 254 g/mol. The molecule has 104 valence electrons. The van der Waals surface area contributed by atoms with Crippen LogP contribution in [0.4, 0.5) is 11.6 Å². The van der Waals surface area contributed by atoms with Crippen molar-refractivity contribution in [2.24, 2.45) is 5.10 Å². The van der Waals surface area contributed by atoms with Gasteiger partial charge in [0, 0.05) is 19.2 Å². The largest absolute Gasteiger partial charge is 0.440 e. The molecule has 0 atom stereocenters. The number of hydrogen-bond donors (Lipinski definition) is 1. The average Bonchev–Trinajstić information content (AvgIpc) is 2.98. The maximum Gasteiger partial charge on any atom is 0.196 e. The summed E-state index contributed by atoms with van der Waals surface area (Å²) < 4.78 is 11.1. The number of hydrazone groups is 1. The summed E-state index contributed by atoms with van der Waals surface area (Å²) in [6.07, 6.45) is 1.68. The Morgan fingerprint density at radius 3 is 2.65 bits per heavy atom. The van der Waals surface area contributed by atoms with Crippen molar-refractivity contribution in [3.05, 3.63) is 48.2 Å². The van der Waals surface area contributed by atoms with Gasteiger partial charge in [-0.25, -0.2) is 0 Å². The van der Waals surface area contributed by atoms with Gasteiger partial charge in [-0.3, -0.25) is 5.43 Å². The second-order valence-electron chi connectivity index (χ2n) is 4.51. The normalized spacial score (nSPS) is 15.7. The van der Waals surface area contributed by atoms with E-state index in [4.69, 9.17) is 9.15 Å². The zero-order valence-corrected chi connectivity index (χ0v) is 11.2. The summed E-state index contributed by atoms with van der Waals surface area (Å²) in [6.45, 7) is 3.23. The summed E-state index contributed by atoms with van der Waals surface area (Å²) in [4.78, 5) is 2.17. The van der Waals surface area contributed by atoms with Crippen molar-refractivity contribution in [3.63, 3.8) is 0 Å². The van der Waals surface area contributed by atoms with E-state index in [1.807, 2.05) is 42.5 Å². The van der Waals surface area contributed by atoms with Gasteiger partial charge >= 0.3 is 0 Å². The van der Waals surface area contributed by atoms with Gasteiger partial charge in [0.25, 0.3) is 0 Å². The molecule has 0 aliphatic carbocycles. The van der Waals surface area contributed by atoms with Crippen molar-refractivity contribution in [1.29, 1.82) is 0 Å². The van der Waals surface area contributed by atoms with E-state index < -0.39 is 0 Å². The molecule has 1 aliphatic heterocycles. The molecular formula is C15H17N3O2. The van der Waals surface area contributed by atoms with Crippen LogP contribution in [0.1, 0.15) is 5.76 Å². The number of para-hydroxylation sites is 1. The van der Waals surface area contributed by atoms with Crippen LogP contribution in [0.25, 0.3) is 0 Å². The quantitative estimate of drug-likeness (QED) is 0.686. The third kappa shape index (κ3) is 3.19. The topological polar surface area (TPSA) is 50.0 Å². The van der Waals surface area contributed by atoms with Gasteiger partial charge in [0.1, 0.15) is 5.76 Å². The van der Waals surface area contributed by atoms with Crippen LogP contribution in [0.5, 0.6) is 0 Å². The Kier molecular flexibility index (Phi) is 3.99. The first-order valence-electron chi connectivity index (χ1n) is 6.68. The second-order valence-corrected chi connectivity index (χ2v) is 4.51. The first-order valence-corrected chi connectivity index (χ1v) is 6.68. The van der Waals surface area contributed by atoms with E-state index in [9.17, 15) is 0 Å². The zero-order valence-electron chi connectivity index (χ0n) is 11.2. The Labute approximate surface area is 117 Å². The van der Waals surface area contributed by atoms with Crippen LogP contribution in [-0.4, -0.2) is 32.5 Å².